The topological polar surface area (TPSA) is 114 Å². The maximum Gasteiger partial charge on any atom is 0.264 e. The molecular weight excluding hydrogens is 577 g/mol. The summed E-state index contributed by atoms with van der Waals surface area (Å²) in [6, 6.07) is 14.9. The number of benzene rings is 3. The van der Waals surface area contributed by atoms with Crippen molar-refractivity contribution in [1.82, 2.24) is 10.2 Å². The maximum absolute atomic E-state index is 14.1. The zero-order valence-corrected chi connectivity index (χ0v) is 25.4. The Labute approximate surface area is 251 Å². The predicted molar refractivity (Wildman–Crippen MR) is 159 cm³/mol. The number of carbonyl (C=O) groups is 2. The van der Waals surface area contributed by atoms with E-state index < -0.39 is 34.3 Å². The lowest BCUT2D eigenvalue weighted by Gasteiger charge is -2.32. The highest BCUT2D eigenvalue weighted by atomic mass is 32.2. The van der Waals surface area contributed by atoms with Gasteiger partial charge in [-0.3, -0.25) is 13.9 Å². The van der Waals surface area contributed by atoms with Gasteiger partial charge in [-0.1, -0.05) is 19.1 Å². The van der Waals surface area contributed by atoms with Crippen LogP contribution in [0.5, 0.6) is 17.2 Å². The number of rotatable bonds is 12. The van der Waals surface area contributed by atoms with Crippen LogP contribution in [0.2, 0.25) is 0 Å². The Balaban J connectivity index is 1.71. The third kappa shape index (κ3) is 7.56. The smallest absolute Gasteiger partial charge is 0.264 e. The quantitative estimate of drug-likeness (QED) is 0.327. The lowest BCUT2D eigenvalue weighted by atomic mass is 10.1. The second-order valence-electron chi connectivity index (χ2n) is 10.2. The lowest BCUT2D eigenvalue weighted by Crippen LogP contribution is -2.52. The van der Waals surface area contributed by atoms with Crippen LogP contribution in [0.4, 0.5) is 10.1 Å². The molecule has 1 aliphatic heterocycles. The van der Waals surface area contributed by atoms with E-state index in [0.717, 1.165) is 16.4 Å². The molecule has 4 rings (SSSR count). The Morgan fingerprint density at radius 3 is 2.26 bits per heavy atom. The summed E-state index contributed by atoms with van der Waals surface area (Å²) in [5.41, 5.74) is 0.783. The molecule has 0 unspecified atom stereocenters. The highest BCUT2D eigenvalue weighted by Crippen LogP contribution is 2.34. The molecule has 3 aromatic carbocycles. The number of amides is 2. The monoisotopic (exact) mass is 613 g/mol. The minimum Gasteiger partial charge on any atom is -0.497 e. The van der Waals surface area contributed by atoms with Crippen molar-refractivity contribution in [2.24, 2.45) is 0 Å². The third-order valence-electron chi connectivity index (χ3n) is 7.18. The van der Waals surface area contributed by atoms with Crippen molar-refractivity contribution in [3.05, 3.63) is 78.1 Å². The normalized spacial score (nSPS) is 13.9. The van der Waals surface area contributed by atoms with Crippen LogP contribution in [0.15, 0.2) is 71.6 Å². The molecule has 0 fully saturated rings. The number of methoxy groups -OCH3 is 1. The van der Waals surface area contributed by atoms with Crippen LogP contribution in [0.1, 0.15) is 32.8 Å². The standard InChI is InChI=1S/C31H36FN3O7S/c1-5-21(2)33-31(37)22(3)34(19-23-6-12-26(40-4)13-7-23)30(36)20-35(25-10-8-24(32)9-11-25)43(38,39)27-14-15-28-29(18-27)42-17-16-41-28/h6-15,18,21-22H,5,16-17,19-20H2,1-4H3,(H,33,37)/t21-,22-/m1/s1. The van der Waals surface area contributed by atoms with Gasteiger partial charge in [0.25, 0.3) is 10.0 Å². The van der Waals surface area contributed by atoms with Gasteiger partial charge in [0.15, 0.2) is 11.5 Å². The second-order valence-corrected chi connectivity index (χ2v) is 12.0. The third-order valence-corrected chi connectivity index (χ3v) is 8.95. The van der Waals surface area contributed by atoms with Gasteiger partial charge in [0.1, 0.15) is 37.4 Å². The van der Waals surface area contributed by atoms with Crippen LogP contribution in [-0.4, -0.2) is 64.1 Å². The summed E-state index contributed by atoms with van der Waals surface area (Å²) in [7, 11) is -2.83. The molecule has 1 heterocycles. The van der Waals surface area contributed by atoms with Gasteiger partial charge < -0.3 is 24.4 Å². The number of halogens is 1. The molecule has 2 atom stereocenters. The van der Waals surface area contributed by atoms with E-state index in [9.17, 15) is 22.4 Å². The van der Waals surface area contributed by atoms with Crippen molar-refractivity contribution in [3.8, 4) is 17.2 Å². The van der Waals surface area contributed by atoms with Gasteiger partial charge in [0.05, 0.1) is 17.7 Å². The van der Waals surface area contributed by atoms with Gasteiger partial charge in [-0.25, -0.2) is 12.8 Å². The van der Waals surface area contributed by atoms with Crippen molar-refractivity contribution >= 4 is 27.5 Å². The molecule has 1 aliphatic rings. The maximum atomic E-state index is 14.1. The van der Waals surface area contributed by atoms with Crippen LogP contribution in [0, 0.1) is 5.82 Å². The summed E-state index contributed by atoms with van der Waals surface area (Å²) in [4.78, 5) is 28.4. The Bertz CT molecular complexity index is 1530. The van der Waals surface area contributed by atoms with E-state index in [4.69, 9.17) is 14.2 Å². The Kier molecular flexibility index (Phi) is 10.1. The number of carbonyl (C=O) groups excluding carboxylic acids is 2. The lowest BCUT2D eigenvalue weighted by molar-refractivity contribution is -0.139. The molecule has 0 saturated carbocycles. The van der Waals surface area contributed by atoms with E-state index in [1.54, 1.807) is 38.3 Å². The van der Waals surface area contributed by atoms with Crippen molar-refractivity contribution in [3.63, 3.8) is 0 Å². The van der Waals surface area contributed by atoms with Gasteiger partial charge >= 0.3 is 0 Å². The zero-order chi connectivity index (χ0) is 31.1. The first kappa shape index (κ1) is 31.6. The average Bonchev–Trinajstić information content (AvgIpc) is 3.02. The molecule has 12 heteroatoms. The number of sulfonamides is 1. The summed E-state index contributed by atoms with van der Waals surface area (Å²) in [6.45, 7) is 5.35. The molecule has 10 nitrogen and oxygen atoms in total. The second kappa shape index (κ2) is 13.8. The van der Waals surface area contributed by atoms with Crippen LogP contribution in [0.3, 0.4) is 0 Å². The van der Waals surface area contributed by atoms with Crippen LogP contribution in [0.25, 0.3) is 0 Å². The molecular formula is C31H36FN3O7S. The minimum atomic E-state index is -4.37. The van der Waals surface area contributed by atoms with Crippen molar-refractivity contribution in [1.29, 1.82) is 0 Å². The van der Waals surface area contributed by atoms with Crippen molar-refractivity contribution in [2.45, 2.75) is 50.7 Å². The average molecular weight is 614 g/mol. The molecule has 43 heavy (non-hydrogen) atoms. The van der Waals surface area contributed by atoms with Crippen LogP contribution in [-0.2, 0) is 26.2 Å². The number of anilines is 1. The summed E-state index contributed by atoms with van der Waals surface area (Å²) in [5, 5.41) is 2.89. The minimum absolute atomic E-state index is 0.0270. The first-order valence-electron chi connectivity index (χ1n) is 13.9. The first-order valence-corrected chi connectivity index (χ1v) is 15.4. The number of fused-ring (bicyclic) bond motifs is 1. The fourth-order valence-corrected chi connectivity index (χ4v) is 5.85. The van der Waals surface area contributed by atoms with E-state index in [0.29, 0.717) is 30.1 Å². The molecule has 0 saturated heterocycles. The van der Waals surface area contributed by atoms with Gasteiger partial charge in [-0.2, -0.15) is 0 Å². The molecule has 0 spiro atoms. The highest BCUT2D eigenvalue weighted by Gasteiger charge is 2.33. The Hall–Kier alpha value is -4.32. The molecule has 0 bridgehead atoms. The molecule has 1 N–H and O–H groups in total. The molecule has 0 aromatic heterocycles. The molecule has 3 aromatic rings. The van der Waals surface area contributed by atoms with E-state index >= 15 is 0 Å². The van der Waals surface area contributed by atoms with E-state index in [1.807, 2.05) is 13.8 Å². The van der Waals surface area contributed by atoms with E-state index in [-0.39, 0.29) is 41.4 Å². The number of hydrogen-bond donors (Lipinski definition) is 1. The number of hydrogen-bond acceptors (Lipinski definition) is 7. The van der Waals surface area contributed by atoms with E-state index in [2.05, 4.69) is 5.32 Å². The van der Waals surface area contributed by atoms with Crippen molar-refractivity contribution < 1.29 is 36.6 Å². The number of nitrogens with one attached hydrogen (secondary N) is 1. The zero-order valence-electron chi connectivity index (χ0n) is 24.6. The van der Waals surface area contributed by atoms with Gasteiger partial charge in [-0.15, -0.1) is 0 Å². The summed E-state index contributed by atoms with van der Waals surface area (Å²) >= 11 is 0. The summed E-state index contributed by atoms with van der Waals surface area (Å²) in [6.07, 6.45) is 0.691. The molecule has 2 amide bonds. The number of ether oxygens (including phenoxy) is 3. The summed E-state index contributed by atoms with van der Waals surface area (Å²) in [5.74, 6) is -0.289. The Morgan fingerprint density at radius 1 is 0.977 bits per heavy atom. The van der Waals surface area contributed by atoms with Crippen LogP contribution >= 0.6 is 0 Å². The highest BCUT2D eigenvalue weighted by molar-refractivity contribution is 7.92. The van der Waals surface area contributed by atoms with Crippen molar-refractivity contribution in [2.75, 3.05) is 31.2 Å². The number of nitrogens with zero attached hydrogens (tertiary/aromatic N) is 2. The van der Waals surface area contributed by atoms with Gasteiger partial charge in [0, 0.05) is 18.7 Å². The van der Waals surface area contributed by atoms with Gasteiger partial charge in [-0.05, 0) is 74.4 Å². The van der Waals surface area contributed by atoms with Crippen LogP contribution < -0.4 is 23.8 Å². The first-order chi connectivity index (χ1) is 20.5. The fourth-order valence-electron chi connectivity index (χ4n) is 4.42. The fraction of sp³-hybridized carbons (Fsp3) is 0.355. The van der Waals surface area contributed by atoms with Gasteiger partial charge in [0.2, 0.25) is 11.8 Å². The Morgan fingerprint density at radius 2 is 1.63 bits per heavy atom. The summed E-state index contributed by atoms with van der Waals surface area (Å²) < 4.78 is 59.2. The predicted octanol–water partition coefficient (Wildman–Crippen LogP) is 4.13. The molecule has 0 aliphatic carbocycles. The molecule has 0 radical (unpaired) electrons. The molecule has 230 valence electrons. The SMILES string of the molecule is CC[C@@H](C)NC(=O)[C@@H](C)N(Cc1ccc(OC)cc1)C(=O)CN(c1ccc(F)cc1)S(=O)(=O)c1ccc2c(c1)OCCO2. The largest absolute Gasteiger partial charge is 0.497 e. The van der Waals surface area contributed by atoms with E-state index in [1.165, 1.54) is 35.2 Å².